The molecule has 0 aliphatic carbocycles. The summed E-state index contributed by atoms with van der Waals surface area (Å²) in [6.07, 6.45) is 11.8. The highest BCUT2D eigenvalue weighted by molar-refractivity contribution is 4.51. The van der Waals surface area contributed by atoms with Gasteiger partial charge in [0.2, 0.25) is 0 Å². The van der Waals surface area contributed by atoms with E-state index in [9.17, 15) is 5.11 Å². The van der Waals surface area contributed by atoms with E-state index < -0.39 is 6.29 Å². The summed E-state index contributed by atoms with van der Waals surface area (Å²) in [7, 11) is 0. The van der Waals surface area contributed by atoms with Gasteiger partial charge in [0.15, 0.2) is 6.29 Å². The Morgan fingerprint density at radius 2 is 1.21 bits per heavy atom. The van der Waals surface area contributed by atoms with Gasteiger partial charge >= 0.3 is 0 Å². The quantitative estimate of drug-likeness (QED) is 0.650. The van der Waals surface area contributed by atoms with Crippen molar-refractivity contribution in [3.05, 3.63) is 0 Å². The number of rotatable bonds is 0. The van der Waals surface area contributed by atoms with Crippen LogP contribution in [0, 0.1) is 0 Å². The van der Waals surface area contributed by atoms with E-state index >= 15 is 0 Å². The molecule has 0 radical (unpaired) electrons. The fourth-order valence-corrected chi connectivity index (χ4v) is 1.96. The first-order valence-corrected chi connectivity index (χ1v) is 6.19. The molecule has 0 aromatic heterocycles. The normalized spacial score (nSPS) is 28.5. The number of aliphatic hydroxyl groups is 1. The summed E-state index contributed by atoms with van der Waals surface area (Å²) in [5, 5.41) is 9.44. The Balaban J connectivity index is 2.12. The molecule has 1 unspecified atom stereocenters. The molecule has 0 saturated carbocycles. The van der Waals surface area contributed by atoms with Gasteiger partial charge in [0.05, 0.1) is 0 Å². The summed E-state index contributed by atoms with van der Waals surface area (Å²) in [6, 6.07) is 0. The minimum Gasteiger partial charge on any atom is -0.368 e. The van der Waals surface area contributed by atoms with E-state index in [1.807, 2.05) is 0 Å². The van der Waals surface area contributed by atoms with Crippen LogP contribution in [-0.2, 0) is 4.74 Å². The topological polar surface area (TPSA) is 29.5 Å². The molecule has 1 atom stereocenters. The minimum atomic E-state index is -0.504. The van der Waals surface area contributed by atoms with Gasteiger partial charge in [0, 0.05) is 6.61 Å². The summed E-state index contributed by atoms with van der Waals surface area (Å²) in [5.74, 6) is 0. The lowest BCUT2D eigenvalue weighted by molar-refractivity contribution is -0.105. The van der Waals surface area contributed by atoms with Crippen molar-refractivity contribution in [3.8, 4) is 0 Å². The zero-order chi connectivity index (χ0) is 10.1. The van der Waals surface area contributed by atoms with Gasteiger partial charge in [-0.2, -0.15) is 0 Å². The van der Waals surface area contributed by atoms with E-state index in [2.05, 4.69) is 0 Å². The zero-order valence-corrected chi connectivity index (χ0v) is 9.21. The van der Waals surface area contributed by atoms with Crippen LogP contribution in [0.4, 0.5) is 0 Å². The first kappa shape index (κ1) is 12.0. The van der Waals surface area contributed by atoms with E-state index in [1.54, 1.807) is 0 Å². The standard InChI is InChI=1S/C12H24O2/c13-12-10-8-6-4-2-1-3-5-7-9-11-14-12/h12-13H,1-11H2. The van der Waals surface area contributed by atoms with Crippen molar-refractivity contribution in [2.45, 2.75) is 70.5 Å². The van der Waals surface area contributed by atoms with Crippen LogP contribution in [0.3, 0.4) is 0 Å². The van der Waals surface area contributed by atoms with Crippen molar-refractivity contribution >= 4 is 0 Å². The Morgan fingerprint density at radius 3 is 1.86 bits per heavy atom. The first-order chi connectivity index (χ1) is 6.89. The van der Waals surface area contributed by atoms with Gasteiger partial charge in [-0.25, -0.2) is 0 Å². The van der Waals surface area contributed by atoms with Gasteiger partial charge in [-0.05, 0) is 19.3 Å². The average molecular weight is 200 g/mol. The Hall–Kier alpha value is -0.0800. The molecule has 0 spiro atoms. The molecule has 1 heterocycles. The Morgan fingerprint density at radius 1 is 0.714 bits per heavy atom. The molecule has 2 nitrogen and oxygen atoms in total. The molecule has 1 aliphatic rings. The monoisotopic (exact) mass is 200 g/mol. The summed E-state index contributed by atoms with van der Waals surface area (Å²) < 4.78 is 5.31. The van der Waals surface area contributed by atoms with Crippen molar-refractivity contribution in [1.82, 2.24) is 0 Å². The minimum absolute atomic E-state index is 0.504. The third-order valence-electron chi connectivity index (χ3n) is 2.91. The van der Waals surface area contributed by atoms with Crippen LogP contribution in [0.1, 0.15) is 64.2 Å². The number of hydrogen-bond donors (Lipinski definition) is 1. The lowest BCUT2D eigenvalue weighted by atomic mass is 10.1. The van der Waals surface area contributed by atoms with Crippen LogP contribution < -0.4 is 0 Å². The SMILES string of the molecule is OC1CCCCCCCCCCCO1. The van der Waals surface area contributed by atoms with E-state index in [4.69, 9.17) is 4.74 Å². The largest absolute Gasteiger partial charge is 0.368 e. The van der Waals surface area contributed by atoms with Gasteiger partial charge in [-0.3, -0.25) is 0 Å². The second kappa shape index (κ2) is 8.25. The third-order valence-corrected chi connectivity index (χ3v) is 2.91. The predicted octanol–water partition coefficient (Wildman–Crippen LogP) is 3.24. The highest BCUT2D eigenvalue weighted by atomic mass is 16.6. The molecule has 2 heteroatoms. The fraction of sp³-hybridized carbons (Fsp3) is 1.00. The summed E-state index contributed by atoms with van der Waals surface area (Å²) in [6.45, 7) is 0.737. The molecule has 1 saturated heterocycles. The molecule has 84 valence electrons. The zero-order valence-electron chi connectivity index (χ0n) is 9.21. The molecule has 14 heavy (non-hydrogen) atoms. The van der Waals surface area contributed by atoms with Crippen LogP contribution in [0.2, 0.25) is 0 Å². The van der Waals surface area contributed by atoms with Crippen molar-refractivity contribution in [3.63, 3.8) is 0 Å². The lowest BCUT2D eigenvalue weighted by Gasteiger charge is -2.10. The van der Waals surface area contributed by atoms with Gasteiger partial charge in [0.25, 0.3) is 0 Å². The lowest BCUT2D eigenvalue weighted by Crippen LogP contribution is -2.12. The third kappa shape index (κ3) is 6.39. The summed E-state index contributed by atoms with van der Waals surface area (Å²) in [5.41, 5.74) is 0. The predicted molar refractivity (Wildman–Crippen MR) is 58.1 cm³/mol. The molecule has 1 N–H and O–H groups in total. The maximum Gasteiger partial charge on any atom is 0.154 e. The summed E-state index contributed by atoms with van der Waals surface area (Å²) >= 11 is 0. The second-order valence-corrected chi connectivity index (χ2v) is 4.30. The van der Waals surface area contributed by atoms with E-state index in [0.29, 0.717) is 0 Å². The van der Waals surface area contributed by atoms with Gasteiger partial charge < -0.3 is 9.84 Å². The van der Waals surface area contributed by atoms with Gasteiger partial charge in [-0.15, -0.1) is 0 Å². The van der Waals surface area contributed by atoms with Crippen LogP contribution in [0.25, 0.3) is 0 Å². The molecular weight excluding hydrogens is 176 g/mol. The van der Waals surface area contributed by atoms with Crippen LogP contribution >= 0.6 is 0 Å². The number of hydrogen-bond acceptors (Lipinski definition) is 2. The molecule has 0 bridgehead atoms. The Bertz CT molecular complexity index is 111. The van der Waals surface area contributed by atoms with Crippen molar-refractivity contribution < 1.29 is 9.84 Å². The molecule has 0 amide bonds. The van der Waals surface area contributed by atoms with Crippen LogP contribution in [-0.4, -0.2) is 18.0 Å². The van der Waals surface area contributed by atoms with Gasteiger partial charge in [0.1, 0.15) is 0 Å². The Kier molecular flexibility index (Phi) is 7.06. The highest BCUT2D eigenvalue weighted by Gasteiger charge is 2.04. The molecule has 1 fully saturated rings. The molecule has 1 rings (SSSR count). The van der Waals surface area contributed by atoms with Crippen molar-refractivity contribution in [2.75, 3.05) is 6.61 Å². The van der Waals surface area contributed by atoms with E-state index in [0.717, 1.165) is 25.9 Å². The maximum absolute atomic E-state index is 9.44. The van der Waals surface area contributed by atoms with Crippen molar-refractivity contribution in [1.29, 1.82) is 0 Å². The summed E-state index contributed by atoms with van der Waals surface area (Å²) in [4.78, 5) is 0. The van der Waals surface area contributed by atoms with Crippen LogP contribution in [0.15, 0.2) is 0 Å². The maximum atomic E-state index is 9.44. The number of ether oxygens (including phenoxy) is 1. The second-order valence-electron chi connectivity index (χ2n) is 4.30. The highest BCUT2D eigenvalue weighted by Crippen LogP contribution is 2.13. The van der Waals surface area contributed by atoms with E-state index in [-0.39, 0.29) is 0 Å². The molecule has 0 aromatic rings. The molecule has 0 aromatic carbocycles. The fourth-order valence-electron chi connectivity index (χ4n) is 1.96. The Labute approximate surface area is 87.7 Å². The average Bonchev–Trinajstić information content (AvgIpc) is 2.20. The molecule has 1 aliphatic heterocycles. The van der Waals surface area contributed by atoms with Crippen LogP contribution in [0.5, 0.6) is 0 Å². The number of aliphatic hydroxyl groups excluding tert-OH is 1. The van der Waals surface area contributed by atoms with Gasteiger partial charge in [-0.1, -0.05) is 44.9 Å². The smallest absolute Gasteiger partial charge is 0.154 e. The van der Waals surface area contributed by atoms with E-state index in [1.165, 1.54) is 44.9 Å². The first-order valence-electron chi connectivity index (χ1n) is 6.19. The van der Waals surface area contributed by atoms with Crippen molar-refractivity contribution in [2.24, 2.45) is 0 Å². The molecular formula is C12H24O2.